The smallest absolute Gasteiger partial charge is 0.451 e. The summed E-state index contributed by atoms with van der Waals surface area (Å²) in [6.07, 6.45) is 3.00. The third kappa shape index (κ3) is 6.40. The molecule has 0 bridgehead atoms. The quantitative estimate of drug-likeness (QED) is 0.245. The molecule has 1 heterocycles. The number of hydrogen-bond acceptors (Lipinski definition) is 4. The van der Waals surface area contributed by atoms with E-state index in [1.165, 1.54) is 12.1 Å². The van der Waals surface area contributed by atoms with Crippen molar-refractivity contribution in [1.29, 1.82) is 0 Å². The molecule has 0 atom stereocenters. The fourth-order valence-electron chi connectivity index (χ4n) is 3.10. The van der Waals surface area contributed by atoms with E-state index < -0.39 is 12.0 Å². The average Bonchev–Trinajstić information content (AvgIpc) is 2.81. The number of aromatic nitrogens is 2. The van der Waals surface area contributed by atoms with Crippen molar-refractivity contribution in [2.45, 2.75) is 39.4 Å². The number of aromatic hydroxyl groups is 1. The minimum absolute atomic E-state index is 0.0169. The Morgan fingerprint density at radius 1 is 1.09 bits per heavy atom. The van der Waals surface area contributed by atoms with Crippen molar-refractivity contribution in [2.75, 3.05) is 0 Å². The Morgan fingerprint density at radius 2 is 1.76 bits per heavy atom. The summed E-state index contributed by atoms with van der Waals surface area (Å²) in [5.74, 6) is -1.15. The maximum atomic E-state index is 13.3. The van der Waals surface area contributed by atoms with Gasteiger partial charge in [0.15, 0.2) is 0 Å². The number of rotatable bonds is 7. The van der Waals surface area contributed by atoms with Gasteiger partial charge in [0.25, 0.3) is 0 Å². The molecule has 0 radical (unpaired) electrons. The standard InChI is InChI=1S/C25H24F4N4O/c1-3-4-5-10-30-23(31-13-17-14-32-24(33-15-17)25(27,28)29)21-11-19(12-22(34)16(21)2)18-6-8-20(26)9-7-18/h5-12,14-15,34H,3-4,13H2,1-2H3,(H,30,31)/b10-5+. The van der Waals surface area contributed by atoms with Crippen LogP contribution in [0.5, 0.6) is 5.75 Å². The van der Waals surface area contributed by atoms with Gasteiger partial charge in [0.05, 0.1) is 6.54 Å². The molecule has 3 aromatic rings. The second-order valence-corrected chi connectivity index (χ2v) is 7.59. The Hall–Kier alpha value is -3.75. The van der Waals surface area contributed by atoms with E-state index in [-0.39, 0.29) is 18.1 Å². The van der Waals surface area contributed by atoms with Crippen molar-refractivity contribution < 1.29 is 22.7 Å². The van der Waals surface area contributed by atoms with Gasteiger partial charge in [0.2, 0.25) is 5.82 Å². The zero-order valence-electron chi connectivity index (χ0n) is 18.7. The third-order valence-electron chi connectivity index (χ3n) is 4.98. The normalized spacial score (nSPS) is 12.4. The number of phenolic OH excluding ortho intramolecular Hbond substituents is 1. The summed E-state index contributed by atoms with van der Waals surface area (Å²) in [6, 6.07) is 9.27. The molecule has 9 heteroatoms. The van der Waals surface area contributed by atoms with Crippen LogP contribution in [-0.4, -0.2) is 20.9 Å². The first-order valence-corrected chi connectivity index (χ1v) is 10.6. The van der Waals surface area contributed by atoms with Crippen LogP contribution in [0, 0.1) is 12.7 Å². The van der Waals surface area contributed by atoms with E-state index in [2.05, 4.69) is 20.3 Å². The number of phenols is 1. The Morgan fingerprint density at radius 3 is 2.38 bits per heavy atom. The lowest BCUT2D eigenvalue weighted by molar-refractivity contribution is -0.145. The monoisotopic (exact) mass is 472 g/mol. The zero-order valence-corrected chi connectivity index (χ0v) is 18.7. The molecule has 34 heavy (non-hydrogen) atoms. The molecule has 0 aliphatic carbocycles. The van der Waals surface area contributed by atoms with Crippen LogP contribution in [0.4, 0.5) is 17.6 Å². The van der Waals surface area contributed by atoms with Crippen molar-refractivity contribution in [3.05, 3.63) is 89.4 Å². The molecule has 0 saturated carbocycles. The number of aliphatic imine (C=N–C) groups is 1. The Bertz CT molecular complexity index is 1170. The van der Waals surface area contributed by atoms with E-state index in [9.17, 15) is 22.7 Å². The summed E-state index contributed by atoms with van der Waals surface area (Å²) in [5, 5.41) is 13.7. The van der Waals surface area contributed by atoms with Crippen LogP contribution in [-0.2, 0) is 12.7 Å². The number of alkyl halides is 3. The van der Waals surface area contributed by atoms with E-state index >= 15 is 0 Å². The lowest BCUT2D eigenvalue weighted by Gasteiger charge is -2.14. The molecule has 0 amide bonds. The van der Waals surface area contributed by atoms with Gasteiger partial charge in [-0.2, -0.15) is 13.2 Å². The summed E-state index contributed by atoms with van der Waals surface area (Å²) in [7, 11) is 0. The van der Waals surface area contributed by atoms with Crippen LogP contribution < -0.4 is 5.32 Å². The first-order chi connectivity index (χ1) is 16.2. The minimum Gasteiger partial charge on any atom is -0.508 e. The fourth-order valence-corrected chi connectivity index (χ4v) is 3.10. The van der Waals surface area contributed by atoms with E-state index in [0.717, 1.165) is 25.2 Å². The zero-order chi connectivity index (χ0) is 24.7. The van der Waals surface area contributed by atoms with Gasteiger partial charge in [0, 0.05) is 29.1 Å². The van der Waals surface area contributed by atoms with E-state index in [4.69, 9.17) is 0 Å². The number of hydrogen-bond donors (Lipinski definition) is 2. The fraction of sp³-hybridized carbons (Fsp3) is 0.240. The van der Waals surface area contributed by atoms with Crippen LogP contribution in [0.2, 0.25) is 0 Å². The summed E-state index contributed by atoms with van der Waals surface area (Å²) in [4.78, 5) is 11.3. The highest BCUT2D eigenvalue weighted by Gasteiger charge is 2.34. The molecule has 178 valence electrons. The van der Waals surface area contributed by atoms with Gasteiger partial charge in [-0.05, 0) is 54.9 Å². The predicted molar refractivity (Wildman–Crippen MR) is 123 cm³/mol. The highest BCUT2D eigenvalue weighted by Crippen LogP contribution is 2.30. The molecular formula is C25H24F4N4O. The number of nitrogens with one attached hydrogen (secondary N) is 1. The molecule has 0 aliphatic heterocycles. The van der Waals surface area contributed by atoms with Crippen LogP contribution in [0.1, 0.15) is 42.3 Å². The van der Waals surface area contributed by atoms with E-state index in [1.807, 2.05) is 19.1 Å². The van der Waals surface area contributed by atoms with Gasteiger partial charge >= 0.3 is 6.18 Å². The van der Waals surface area contributed by atoms with E-state index in [0.29, 0.717) is 33.7 Å². The Balaban J connectivity index is 1.98. The summed E-state index contributed by atoms with van der Waals surface area (Å²) in [6.45, 7) is 3.79. The number of unbranched alkanes of at least 4 members (excludes halogenated alkanes) is 1. The van der Waals surface area contributed by atoms with Crippen LogP contribution >= 0.6 is 0 Å². The predicted octanol–water partition coefficient (Wildman–Crippen LogP) is 6.17. The molecule has 5 nitrogen and oxygen atoms in total. The molecule has 2 aromatic carbocycles. The lowest BCUT2D eigenvalue weighted by atomic mass is 9.98. The van der Waals surface area contributed by atoms with Gasteiger partial charge in [-0.15, -0.1) is 0 Å². The number of nitrogens with zero attached hydrogens (tertiary/aromatic N) is 3. The second-order valence-electron chi connectivity index (χ2n) is 7.59. The topological polar surface area (TPSA) is 70.4 Å². The molecule has 0 saturated heterocycles. The first kappa shape index (κ1) is 24.9. The minimum atomic E-state index is -4.62. The third-order valence-corrected chi connectivity index (χ3v) is 4.98. The van der Waals surface area contributed by atoms with Crippen molar-refractivity contribution >= 4 is 5.84 Å². The molecule has 2 N–H and O–H groups in total. The van der Waals surface area contributed by atoms with Gasteiger partial charge in [0.1, 0.15) is 17.4 Å². The summed E-state index contributed by atoms with van der Waals surface area (Å²) >= 11 is 0. The molecule has 0 unspecified atom stereocenters. The van der Waals surface area contributed by atoms with Gasteiger partial charge < -0.3 is 10.4 Å². The summed E-state index contributed by atoms with van der Waals surface area (Å²) < 4.78 is 51.5. The lowest BCUT2D eigenvalue weighted by Crippen LogP contribution is -2.20. The molecular weight excluding hydrogens is 448 g/mol. The van der Waals surface area contributed by atoms with Crippen molar-refractivity contribution in [2.24, 2.45) is 4.99 Å². The van der Waals surface area contributed by atoms with E-state index in [1.54, 1.807) is 31.3 Å². The van der Waals surface area contributed by atoms with Crippen molar-refractivity contribution in [3.8, 4) is 16.9 Å². The maximum Gasteiger partial charge on any atom is 0.451 e. The molecule has 1 aromatic heterocycles. The Labute approximate surface area is 194 Å². The molecule has 0 aliphatic rings. The molecule has 0 fully saturated rings. The number of amidine groups is 1. The average molecular weight is 472 g/mol. The summed E-state index contributed by atoms with van der Waals surface area (Å²) in [5.41, 5.74) is 2.90. The maximum absolute atomic E-state index is 13.3. The van der Waals surface area contributed by atoms with Crippen molar-refractivity contribution in [3.63, 3.8) is 0 Å². The highest BCUT2D eigenvalue weighted by atomic mass is 19.4. The second kappa shape index (κ2) is 10.9. The Kier molecular flexibility index (Phi) is 7.99. The first-order valence-electron chi connectivity index (χ1n) is 10.6. The van der Waals surface area contributed by atoms with Crippen LogP contribution in [0.15, 0.2) is 66.1 Å². The van der Waals surface area contributed by atoms with Gasteiger partial charge in [-0.1, -0.05) is 31.6 Å². The van der Waals surface area contributed by atoms with Crippen molar-refractivity contribution in [1.82, 2.24) is 15.3 Å². The number of benzene rings is 2. The van der Waals surface area contributed by atoms with Gasteiger partial charge in [-0.3, -0.25) is 4.99 Å². The molecule has 3 rings (SSSR count). The largest absolute Gasteiger partial charge is 0.508 e. The molecule has 0 spiro atoms. The number of halogens is 4. The van der Waals surface area contributed by atoms with Gasteiger partial charge in [-0.25, -0.2) is 14.4 Å². The van der Waals surface area contributed by atoms with Crippen LogP contribution in [0.25, 0.3) is 11.1 Å². The highest BCUT2D eigenvalue weighted by molar-refractivity contribution is 6.02. The number of allylic oxidation sites excluding steroid dienone is 1. The van der Waals surface area contributed by atoms with Crippen LogP contribution in [0.3, 0.4) is 0 Å². The SMILES string of the molecule is CCC/C=C/NC(=NCc1cnc(C(F)(F)F)nc1)c1cc(-c2ccc(F)cc2)cc(O)c1C.